The zero-order valence-corrected chi connectivity index (χ0v) is 14.3. The molecule has 0 saturated carbocycles. The smallest absolute Gasteiger partial charge is 0.251 e. The molecule has 1 aromatic carbocycles. The van der Waals surface area contributed by atoms with E-state index in [1.54, 1.807) is 31.4 Å². The van der Waals surface area contributed by atoms with Crippen molar-refractivity contribution in [2.75, 3.05) is 33.3 Å². The molecule has 1 heterocycles. The highest BCUT2D eigenvalue weighted by molar-refractivity contribution is 5.94. The SMILES string of the molecule is COc1ccc(C(=O)NCCNC(=O)CCC2CCNCC2)cc1. The van der Waals surface area contributed by atoms with E-state index in [0.29, 0.717) is 36.7 Å². The first-order chi connectivity index (χ1) is 11.7. The van der Waals surface area contributed by atoms with Gasteiger partial charge in [0.25, 0.3) is 5.91 Å². The predicted molar refractivity (Wildman–Crippen MR) is 93.2 cm³/mol. The minimum absolute atomic E-state index is 0.0622. The summed E-state index contributed by atoms with van der Waals surface area (Å²) in [6, 6.07) is 6.92. The number of amides is 2. The molecular formula is C18H27N3O3. The predicted octanol–water partition coefficient (Wildman–Crippen LogP) is 1.32. The summed E-state index contributed by atoms with van der Waals surface area (Å²) >= 11 is 0. The number of ether oxygens (including phenoxy) is 1. The standard InChI is InChI=1S/C18H27N3O3/c1-24-16-5-3-15(4-6-16)18(23)21-13-12-20-17(22)7-2-14-8-10-19-11-9-14/h3-6,14,19H,2,7-13H2,1H3,(H,20,22)(H,21,23). The molecule has 1 fully saturated rings. The quantitative estimate of drug-likeness (QED) is 0.627. The lowest BCUT2D eigenvalue weighted by atomic mass is 9.93. The molecule has 1 aliphatic rings. The molecule has 1 saturated heterocycles. The van der Waals surface area contributed by atoms with E-state index in [1.807, 2.05) is 0 Å². The fourth-order valence-electron chi connectivity index (χ4n) is 2.82. The van der Waals surface area contributed by atoms with Crippen molar-refractivity contribution in [3.05, 3.63) is 29.8 Å². The number of hydrogen-bond donors (Lipinski definition) is 3. The van der Waals surface area contributed by atoms with Crippen LogP contribution in [0.5, 0.6) is 5.75 Å². The maximum absolute atomic E-state index is 12.0. The summed E-state index contributed by atoms with van der Waals surface area (Å²) < 4.78 is 5.06. The zero-order valence-electron chi connectivity index (χ0n) is 14.3. The van der Waals surface area contributed by atoms with Crippen LogP contribution in [0.2, 0.25) is 0 Å². The molecule has 0 atom stereocenters. The van der Waals surface area contributed by atoms with Gasteiger partial charge >= 0.3 is 0 Å². The molecule has 0 bridgehead atoms. The van der Waals surface area contributed by atoms with Gasteiger partial charge in [-0.2, -0.15) is 0 Å². The Labute approximate surface area is 143 Å². The van der Waals surface area contributed by atoms with E-state index in [1.165, 1.54) is 0 Å². The number of piperidine rings is 1. The van der Waals surface area contributed by atoms with Gasteiger partial charge in [-0.25, -0.2) is 0 Å². The van der Waals surface area contributed by atoms with Crippen molar-refractivity contribution in [3.63, 3.8) is 0 Å². The van der Waals surface area contributed by atoms with E-state index < -0.39 is 0 Å². The van der Waals surface area contributed by atoms with Crippen LogP contribution in [-0.2, 0) is 4.79 Å². The second-order valence-corrected chi connectivity index (χ2v) is 6.07. The molecule has 0 radical (unpaired) electrons. The van der Waals surface area contributed by atoms with E-state index in [-0.39, 0.29) is 11.8 Å². The fraction of sp³-hybridized carbons (Fsp3) is 0.556. The van der Waals surface area contributed by atoms with Crippen LogP contribution in [0.4, 0.5) is 0 Å². The van der Waals surface area contributed by atoms with Gasteiger partial charge in [-0.15, -0.1) is 0 Å². The van der Waals surface area contributed by atoms with Gasteiger partial charge in [0.05, 0.1) is 7.11 Å². The van der Waals surface area contributed by atoms with E-state index in [2.05, 4.69) is 16.0 Å². The molecule has 6 heteroatoms. The Morgan fingerprint density at radius 1 is 1.12 bits per heavy atom. The molecule has 0 spiro atoms. The largest absolute Gasteiger partial charge is 0.497 e. The van der Waals surface area contributed by atoms with Gasteiger partial charge < -0.3 is 20.7 Å². The van der Waals surface area contributed by atoms with Crippen molar-refractivity contribution in [1.29, 1.82) is 0 Å². The number of carbonyl (C=O) groups excluding carboxylic acids is 2. The Hall–Kier alpha value is -2.08. The van der Waals surface area contributed by atoms with Gasteiger partial charge in [-0.05, 0) is 62.5 Å². The van der Waals surface area contributed by atoms with E-state index in [4.69, 9.17) is 4.74 Å². The molecule has 2 amide bonds. The number of benzene rings is 1. The molecule has 3 N–H and O–H groups in total. The van der Waals surface area contributed by atoms with E-state index in [0.717, 1.165) is 32.4 Å². The first-order valence-electron chi connectivity index (χ1n) is 8.58. The molecule has 2 rings (SSSR count). The second kappa shape index (κ2) is 9.93. The maximum atomic E-state index is 12.0. The van der Waals surface area contributed by atoms with Crippen molar-refractivity contribution in [2.24, 2.45) is 5.92 Å². The molecule has 1 aromatic rings. The number of nitrogens with one attached hydrogen (secondary N) is 3. The summed E-state index contributed by atoms with van der Waals surface area (Å²) in [7, 11) is 1.59. The van der Waals surface area contributed by atoms with E-state index in [9.17, 15) is 9.59 Å². The lowest BCUT2D eigenvalue weighted by molar-refractivity contribution is -0.121. The third-order valence-corrected chi connectivity index (χ3v) is 4.32. The Morgan fingerprint density at radius 2 is 1.79 bits per heavy atom. The number of rotatable bonds is 8. The van der Waals surface area contributed by atoms with Crippen LogP contribution in [0.1, 0.15) is 36.0 Å². The van der Waals surface area contributed by atoms with Crippen LogP contribution in [0.15, 0.2) is 24.3 Å². The monoisotopic (exact) mass is 333 g/mol. The molecule has 24 heavy (non-hydrogen) atoms. The summed E-state index contributed by atoms with van der Waals surface area (Å²) in [5.41, 5.74) is 0.577. The Kier molecular flexibility index (Phi) is 7.55. The third-order valence-electron chi connectivity index (χ3n) is 4.32. The molecule has 6 nitrogen and oxygen atoms in total. The molecule has 0 unspecified atom stereocenters. The van der Waals surface area contributed by atoms with Crippen LogP contribution in [0, 0.1) is 5.92 Å². The Morgan fingerprint density at radius 3 is 2.46 bits per heavy atom. The Bertz CT molecular complexity index is 525. The van der Waals surface area contributed by atoms with Gasteiger partial charge in [0.1, 0.15) is 5.75 Å². The van der Waals surface area contributed by atoms with Gasteiger partial charge in [-0.1, -0.05) is 0 Å². The average Bonchev–Trinajstić information content (AvgIpc) is 2.64. The van der Waals surface area contributed by atoms with E-state index >= 15 is 0 Å². The minimum atomic E-state index is -0.151. The van der Waals surface area contributed by atoms with Crippen LogP contribution in [0.25, 0.3) is 0 Å². The first-order valence-corrected chi connectivity index (χ1v) is 8.58. The highest BCUT2D eigenvalue weighted by Crippen LogP contribution is 2.17. The number of carbonyl (C=O) groups is 2. The first kappa shape index (κ1) is 18.3. The second-order valence-electron chi connectivity index (χ2n) is 6.07. The van der Waals surface area contributed by atoms with Crippen molar-refractivity contribution in [2.45, 2.75) is 25.7 Å². The zero-order chi connectivity index (χ0) is 17.2. The Balaban J connectivity index is 1.57. The van der Waals surface area contributed by atoms with Crippen molar-refractivity contribution < 1.29 is 14.3 Å². The maximum Gasteiger partial charge on any atom is 0.251 e. The molecular weight excluding hydrogens is 306 g/mol. The van der Waals surface area contributed by atoms with Crippen LogP contribution < -0.4 is 20.7 Å². The topological polar surface area (TPSA) is 79.5 Å². The van der Waals surface area contributed by atoms with Crippen LogP contribution >= 0.6 is 0 Å². The van der Waals surface area contributed by atoms with Crippen molar-refractivity contribution in [3.8, 4) is 5.75 Å². The number of methoxy groups -OCH3 is 1. The molecule has 1 aliphatic heterocycles. The highest BCUT2D eigenvalue weighted by atomic mass is 16.5. The van der Waals surface area contributed by atoms with Gasteiger partial charge in [0.2, 0.25) is 5.91 Å². The third kappa shape index (κ3) is 6.20. The van der Waals surface area contributed by atoms with Crippen LogP contribution in [0.3, 0.4) is 0 Å². The lowest BCUT2D eigenvalue weighted by Crippen LogP contribution is -2.35. The lowest BCUT2D eigenvalue weighted by Gasteiger charge is -2.22. The molecule has 0 aromatic heterocycles. The van der Waals surface area contributed by atoms with Gasteiger partial charge in [0.15, 0.2) is 0 Å². The van der Waals surface area contributed by atoms with Gasteiger partial charge in [0, 0.05) is 25.1 Å². The van der Waals surface area contributed by atoms with Crippen molar-refractivity contribution in [1.82, 2.24) is 16.0 Å². The average molecular weight is 333 g/mol. The summed E-state index contributed by atoms with van der Waals surface area (Å²) in [6.07, 6.45) is 3.83. The number of hydrogen-bond acceptors (Lipinski definition) is 4. The van der Waals surface area contributed by atoms with Gasteiger partial charge in [-0.3, -0.25) is 9.59 Å². The summed E-state index contributed by atoms with van der Waals surface area (Å²) in [5.74, 6) is 1.29. The van der Waals surface area contributed by atoms with Crippen LogP contribution in [-0.4, -0.2) is 45.1 Å². The normalized spacial score (nSPS) is 14.9. The minimum Gasteiger partial charge on any atom is -0.497 e. The summed E-state index contributed by atoms with van der Waals surface area (Å²) in [4.78, 5) is 23.8. The summed E-state index contributed by atoms with van der Waals surface area (Å²) in [6.45, 7) is 2.99. The summed E-state index contributed by atoms with van der Waals surface area (Å²) in [5, 5.41) is 8.98. The van der Waals surface area contributed by atoms with Crippen molar-refractivity contribution >= 4 is 11.8 Å². The highest BCUT2D eigenvalue weighted by Gasteiger charge is 2.14. The molecule has 132 valence electrons. The molecule has 0 aliphatic carbocycles. The fourth-order valence-corrected chi connectivity index (χ4v) is 2.82.